The van der Waals surface area contributed by atoms with Gasteiger partial charge in [-0.2, -0.15) is 0 Å². The Labute approximate surface area is 181 Å². The second kappa shape index (κ2) is 16.5. The molecule has 3 atom stereocenters. The first kappa shape index (κ1) is 26.8. The van der Waals surface area contributed by atoms with Crippen LogP contribution in [0.1, 0.15) is 52.4 Å². The van der Waals surface area contributed by atoms with E-state index < -0.39 is 0 Å². The van der Waals surface area contributed by atoms with E-state index in [9.17, 15) is 4.79 Å². The lowest BCUT2D eigenvalue weighted by Crippen LogP contribution is -2.38. The molecule has 0 bridgehead atoms. The summed E-state index contributed by atoms with van der Waals surface area (Å²) in [6.07, 6.45) is 5.12. The van der Waals surface area contributed by atoms with Crippen molar-refractivity contribution in [3.8, 4) is 0 Å². The maximum absolute atomic E-state index is 11.7. The van der Waals surface area contributed by atoms with Crippen LogP contribution in [0.4, 0.5) is 0 Å². The van der Waals surface area contributed by atoms with Gasteiger partial charge < -0.3 is 34.1 Å². The molecule has 0 radical (unpaired) electrons. The standard InChI is InChI=1S/C22H41NO7/c1-18-7-5-4-6-8-23(18)19(2)15-21(30-20(3)26)16-22(17-28-12-10-25)29-14-13-27-11-9-24/h19,21-22,24-25H,1,4-17H2,2-3H3. The number of aliphatic hydroxyl groups is 2. The van der Waals surface area contributed by atoms with Crippen LogP contribution in [0.5, 0.6) is 0 Å². The van der Waals surface area contributed by atoms with Gasteiger partial charge in [-0.15, -0.1) is 0 Å². The molecule has 30 heavy (non-hydrogen) atoms. The molecular formula is C22H41NO7. The summed E-state index contributed by atoms with van der Waals surface area (Å²) >= 11 is 0. The summed E-state index contributed by atoms with van der Waals surface area (Å²) in [5.74, 6) is -0.316. The second-order valence-corrected chi connectivity index (χ2v) is 7.75. The van der Waals surface area contributed by atoms with E-state index in [1.54, 1.807) is 0 Å². The third kappa shape index (κ3) is 11.9. The monoisotopic (exact) mass is 431 g/mol. The quantitative estimate of drug-likeness (QED) is 0.282. The highest BCUT2D eigenvalue weighted by Gasteiger charge is 2.26. The van der Waals surface area contributed by atoms with Crippen LogP contribution in [0.3, 0.4) is 0 Å². The Kier molecular flexibility index (Phi) is 14.8. The van der Waals surface area contributed by atoms with Crippen LogP contribution in [-0.2, 0) is 23.7 Å². The molecule has 0 amide bonds. The molecule has 1 saturated heterocycles. The summed E-state index contributed by atoms with van der Waals surface area (Å²) in [6.45, 7) is 10.2. The zero-order chi connectivity index (χ0) is 22.2. The molecule has 1 rings (SSSR count). The van der Waals surface area contributed by atoms with E-state index in [-0.39, 0.29) is 50.6 Å². The molecule has 8 heteroatoms. The number of hydrogen-bond donors (Lipinski definition) is 2. The van der Waals surface area contributed by atoms with E-state index >= 15 is 0 Å². The lowest BCUT2D eigenvalue weighted by atomic mass is 10.0. The number of ether oxygens (including phenoxy) is 4. The largest absolute Gasteiger partial charge is 0.462 e. The van der Waals surface area contributed by atoms with Gasteiger partial charge in [0.15, 0.2) is 0 Å². The Hall–Kier alpha value is -1.19. The number of allylic oxidation sites excluding steroid dienone is 1. The van der Waals surface area contributed by atoms with E-state index in [0.29, 0.717) is 32.7 Å². The van der Waals surface area contributed by atoms with Crippen LogP contribution in [0, 0.1) is 0 Å². The number of carbonyl (C=O) groups is 1. The van der Waals surface area contributed by atoms with Gasteiger partial charge in [0.2, 0.25) is 0 Å². The fourth-order valence-electron chi connectivity index (χ4n) is 3.75. The van der Waals surface area contributed by atoms with Crippen molar-refractivity contribution in [3.63, 3.8) is 0 Å². The average Bonchev–Trinajstić information content (AvgIpc) is 2.91. The highest BCUT2D eigenvalue weighted by Crippen LogP contribution is 2.24. The minimum atomic E-state index is -0.316. The van der Waals surface area contributed by atoms with E-state index in [2.05, 4.69) is 18.4 Å². The van der Waals surface area contributed by atoms with Crippen molar-refractivity contribution in [2.45, 2.75) is 70.6 Å². The zero-order valence-corrected chi connectivity index (χ0v) is 18.7. The third-order valence-electron chi connectivity index (χ3n) is 5.12. The van der Waals surface area contributed by atoms with Gasteiger partial charge in [-0.05, 0) is 26.2 Å². The van der Waals surface area contributed by atoms with E-state index in [1.165, 1.54) is 19.8 Å². The number of likely N-dealkylation sites (tertiary alicyclic amines) is 1. The molecule has 0 aromatic heterocycles. The molecule has 1 aliphatic rings. The van der Waals surface area contributed by atoms with Crippen LogP contribution in [0.25, 0.3) is 0 Å². The van der Waals surface area contributed by atoms with Gasteiger partial charge in [-0.3, -0.25) is 4.79 Å². The molecule has 3 unspecified atom stereocenters. The van der Waals surface area contributed by atoms with Gasteiger partial charge in [-0.1, -0.05) is 13.0 Å². The Morgan fingerprint density at radius 1 is 1.03 bits per heavy atom. The molecule has 0 saturated carbocycles. The van der Waals surface area contributed by atoms with Crippen molar-refractivity contribution in [2.24, 2.45) is 0 Å². The Bertz CT molecular complexity index is 474. The van der Waals surface area contributed by atoms with Gasteiger partial charge in [0.05, 0.1) is 52.4 Å². The number of hydrogen-bond acceptors (Lipinski definition) is 8. The molecule has 0 spiro atoms. The highest BCUT2D eigenvalue weighted by atomic mass is 16.6. The molecular weight excluding hydrogens is 390 g/mol. The molecule has 2 N–H and O–H groups in total. The zero-order valence-electron chi connectivity index (χ0n) is 18.7. The van der Waals surface area contributed by atoms with Crippen molar-refractivity contribution < 1.29 is 34.0 Å². The summed E-state index contributed by atoms with van der Waals surface area (Å²) in [6, 6.07) is 0.201. The van der Waals surface area contributed by atoms with Crippen LogP contribution >= 0.6 is 0 Å². The van der Waals surface area contributed by atoms with Crippen molar-refractivity contribution in [3.05, 3.63) is 12.3 Å². The van der Waals surface area contributed by atoms with Crippen LogP contribution < -0.4 is 0 Å². The van der Waals surface area contributed by atoms with Crippen molar-refractivity contribution in [2.75, 3.05) is 52.8 Å². The van der Waals surface area contributed by atoms with Gasteiger partial charge in [-0.25, -0.2) is 0 Å². The van der Waals surface area contributed by atoms with Crippen molar-refractivity contribution >= 4 is 5.97 Å². The predicted molar refractivity (Wildman–Crippen MR) is 114 cm³/mol. The number of esters is 1. The number of nitrogens with zero attached hydrogens (tertiary/aromatic N) is 1. The molecule has 176 valence electrons. The maximum Gasteiger partial charge on any atom is 0.302 e. The van der Waals surface area contributed by atoms with Crippen LogP contribution in [0.15, 0.2) is 12.3 Å². The SMILES string of the molecule is C=C1CCCCCN1C(C)CC(CC(COCCO)OCCOCCO)OC(C)=O. The van der Waals surface area contributed by atoms with E-state index in [0.717, 1.165) is 25.1 Å². The fraction of sp³-hybridized carbons (Fsp3) is 0.864. The summed E-state index contributed by atoms with van der Waals surface area (Å²) in [4.78, 5) is 14.0. The predicted octanol–water partition coefficient (Wildman–Crippen LogP) is 1.88. The lowest BCUT2D eigenvalue weighted by molar-refractivity contribution is -0.150. The summed E-state index contributed by atoms with van der Waals surface area (Å²) in [5.41, 5.74) is 1.15. The lowest BCUT2D eigenvalue weighted by Gasteiger charge is -2.34. The summed E-state index contributed by atoms with van der Waals surface area (Å²) < 4.78 is 22.2. The van der Waals surface area contributed by atoms with Gasteiger partial charge >= 0.3 is 5.97 Å². The average molecular weight is 432 g/mol. The second-order valence-electron chi connectivity index (χ2n) is 7.75. The Morgan fingerprint density at radius 3 is 2.47 bits per heavy atom. The smallest absolute Gasteiger partial charge is 0.302 e. The minimum absolute atomic E-state index is 0.0305. The van der Waals surface area contributed by atoms with Crippen LogP contribution in [-0.4, -0.2) is 92.1 Å². The number of carbonyl (C=O) groups excluding carboxylic acids is 1. The Balaban J connectivity index is 2.67. The first-order valence-electron chi connectivity index (χ1n) is 11.1. The number of rotatable bonds is 16. The van der Waals surface area contributed by atoms with Gasteiger partial charge in [0.25, 0.3) is 0 Å². The number of aliphatic hydroxyl groups excluding tert-OH is 2. The third-order valence-corrected chi connectivity index (χ3v) is 5.12. The molecule has 0 aliphatic carbocycles. The normalized spacial score (nSPS) is 18.0. The van der Waals surface area contributed by atoms with Crippen LogP contribution in [0.2, 0.25) is 0 Å². The summed E-state index contributed by atoms with van der Waals surface area (Å²) in [7, 11) is 0. The van der Waals surface area contributed by atoms with Gasteiger partial charge in [0.1, 0.15) is 6.10 Å². The first-order valence-corrected chi connectivity index (χ1v) is 11.1. The van der Waals surface area contributed by atoms with Crippen molar-refractivity contribution in [1.82, 2.24) is 4.90 Å². The summed E-state index contributed by atoms with van der Waals surface area (Å²) in [5, 5.41) is 17.8. The van der Waals surface area contributed by atoms with E-state index in [4.69, 9.17) is 29.2 Å². The fourth-order valence-corrected chi connectivity index (χ4v) is 3.75. The van der Waals surface area contributed by atoms with Crippen molar-refractivity contribution in [1.29, 1.82) is 0 Å². The Morgan fingerprint density at radius 2 is 1.77 bits per heavy atom. The molecule has 1 fully saturated rings. The van der Waals surface area contributed by atoms with E-state index in [1.807, 2.05) is 0 Å². The molecule has 8 nitrogen and oxygen atoms in total. The maximum atomic E-state index is 11.7. The molecule has 1 aliphatic heterocycles. The molecule has 0 aromatic carbocycles. The minimum Gasteiger partial charge on any atom is -0.462 e. The topological polar surface area (TPSA) is 97.7 Å². The highest BCUT2D eigenvalue weighted by molar-refractivity contribution is 5.66. The first-order chi connectivity index (χ1) is 14.5. The van der Waals surface area contributed by atoms with Gasteiger partial charge in [0, 0.05) is 38.0 Å². The molecule has 1 heterocycles. The molecule has 0 aromatic rings.